The van der Waals surface area contributed by atoms with Crippen molar-refractivity contribution in [1.29, 1.82) is 0 Å². The summed E-state index contributed by atoms with van der Waals surface area (Å²) < 4.78 is 0. The van der Waals surface area contributed by atoms with Gasteiger partial charge in [-0.15, -0.1) is 0 Å². The van der Waals surface area contributed by atoms with Crippen LogP contribution in [0.1, 0.15) is 12.8 Å². The zero-order valence-electron chi connectivity index (χ0n) is 9.18. The molecule has 1 aliphatic heterocycles. The molecule has 6 heteroatoms. The van der Waals surface area contributed by atoms with Gasteiger partial charge in [0.15, 0.2) is 0 Å². The number of hydrogen-bond donors (Lipinski definition) is 2. The topological polar surface area (TPSA) is 84.1 Å². The molecule has 0 spiro atoms. The highest BCUT2D eigenvalue weighted by atomic mass is 16.2. The summed E-state index contributed by atoms with van der Waals surface area (Å²) in [7, 11) is 1.81. The van der Waals surface area contributed by atoms with E-state index >= 15 is 0 Å². The van der Waals surface area contributed by atoms with Crippen molar-refractivity contribution in [3.8, 4) is 0 Å². The molecule has 0 bridgehead atoms. The number of nitrogen functional groups attached to an aromatic ring is 1. The maximum Gasteiger partial charge on any atom is 0.223 e. The van der Waals surface area contributed by atoms with Crippen molar-refractivity contribution in [3.63, 3.8) is 0 Å². The van der Waals surface area contributed by atoms with Gasteiger partial charge in [-0.25, -0.2) is 9.97 Å². The van der Waals surface area contributed by atoms with E-state index in [1.807, 2.05) is 0 Å². The molecule has 1 saturated heterocycles. The lowest BCUT2D eigenvalue weighted by atomic mass is 10.1. The third-order valence-electron chi connectivity index (χ3n) is 2.63. The number of carbonyl (C=O) groups is 1. The van der Waals surface area contributed by atoms with E-state index in [-0.39, 0.29) is 11.9 Å². The van der Waals surface area contributed by atoms with Crippen molar-refractivity contribution >= 4 is 17.5 Å². The minimum Gasteiger partial charge on any atom is -0.396 e. The van der Waals surface area contributed by atoms with Gasteiger partial charge in [0, 0.05) is 26.1 Å². The van der Waals surface area contributed by atoms with Crippen LogP contribution < -0.4 is 11.1 Å². The first-order valence-corrected chi connectivity index (χ1v) is 5.23. The van der Waals surface area contributed by atoms with Crippen LogP contribution >= 0.6 is 0 Å². The van der Waals surface area contributed by atoms with Gasteiger partial charge >= 0.3 is 0 Å². The molecule has 3 N–H and O–H groups in total. The van der Waals surface area contributed by atoms with Crippen LogP contribution in [-0.2, 0) is 4.79 Å². The largest absolute Gasteiger partial charge is 0.396 e. The lowest BCUT2D eigenvalue weighted by Gasteiger charge is -2.30. The molecule has 2 heterocycles. The van der Waals surface area contributed by atoms with Crippen LogP contribution in [0.25, 0.3) is 0 Å². The van der Waals surface area contributed by atoms with Crippen molar-refractivity contribution < 1.29 is 4.79 Å². The summed E-state index contributed by atoms with van der Waals surface area (Å²) in [6.45, 7) is 0.687. The lowest BCUT2D eigenvalue weighted by Crippen LogP contribution is -2.43. The minimum absolute atomic E-state index is 0.191. The zero-order chi connectivity index (χ0) is 11.5. The summed E-state index contributed by atoms with van der Waals surface area (Å²) in [5, 5.41) is 3.19. The first kappa shape index (κ1) is 10.7. The van der Waals surface area contributed by atoms with Crippen molar-refractivity contribution in [2.24, 2.45) is 0 Å². The average molecular weight is 221 g/mol. The number of likely N-dealkylation sites (N-methyl/N-ethyl adjacent to an activating group) is 1. The molecule has 1 aromatic rings. The van der Waals surface area contributed by atoms with E-state index in [1.165, 1.54) is 0 Å². The number of rotatable bonds is 2. The van der Waals surface area contributed by atoms with Crippen molar-refractivity contribution in [2.75, 3.05) is 24.6 Å². The second kappa shape index (κ2) is 4.34. The first-order chi connectivity index (χ1) is 7.65. The van der Waals surface area contributed by atoms with Gasteiger partial charge in [0.1, 0.15) is 0 Å². The highest BCUT2D eigenvalue weighted by Gasteiger charge is 2.22. The molecule has 1 fully saturated rings. The van der Waals surface area contributed by atoms with Crippen LogP contribution in [0.15, 0.2) is 12.4 Å². The Labute approximate surface area is 93.9 Å². The number of nitrogens with two attached hydrogens (primary N) is 1. The third kappa shape index (κ3) is 2.39. The standard InChI is InChI=1S/C10H15N5O/c1-15-6-8(2-3-9(15)16)14-10-12-4-7(11)5-13-10/h4-5,8H,2-3,6,11H2,1H3,(H,12,13,14). The molecule has 2 rings (SSSR count). The molecule has 1 amide bonds. The normalized spacial score (nSPS) is 20.9. The summed E-state index contributed by atoms with van der Waals surface area (Å²) in [6.07, 6.45) is 4.51. The zero-order valence-corrected chi connectivity index (χ0v) is 9.18. The number of carbonyl (C=O) groups excluding carboxylic acids is 1. The fourth-order valence-corrected chi connectivity index (χ4v) is 1.73. The Balaban J connectivity index is 1.95. The highest BCUT2D eigenvalue weighted by molar-refractivity contribution is 5.76. The maximum absolute atomic E-state index is 11.3. The number of nitrogens with zero attached hydrogens (tertiary/aromatic N) is 3. The smallest absolute Gasteiger partial charge is 0.223 e. The van der Waals surface area contributed by atoms with Crippen LogP contribution in [0.5, 0.6) is 0 Å². The number of piperidine rings is 1. The van der Waals surface area contributed by atoms with E-state index in [9.17, 15) is 4.79 Å². The molecule has 1 aromatic heterocycles. The number of aromatic nitrogens is 2. The Morgan fingerprint density at radius 1 is 1.50 bits per heavy atom. The van der Waals surface area contributed by atoms with Gasteiger partial charge in [-0.05, 0) is 6.42 Å². The Kier molecular flexibility index (Phi) is 2.89. The Morgan fingerprint density at radius 3 is 2.81 bits per heavy atom. The average Bonchev–Trinajstić information content (AvgIpc) is 2.27. The summed E-state index contributed by atoms with van der Waals surface area (Å²) in [4.78, 5) is 21.1. The second-order valence-corrected chi connectivity index (χ2v) is 3.99. The molecular weight excluding hydrogens is 206 g/mol. The number of amides is 1. The second-order valence-electron chi connectivity index (χ2n) is 3.99. The molecule has 0 saturated carbocycles. The van der Waals surface area contributed by atoms with Gasteiger partial charge in [-0.2, -0.15) is 0 Å². The van der Waals surface area contributed by atoms with E-state index in [0.29, 0.717) is 24.6 Å². The van der Waals surface area contributed by atoms with E-state index in [1.54, 1.807) is 24.3 Å². The Morgan fingerprint density at radius 2 is 2.19 bits per heavy atom. The predicted octanol–water partition coefficient (Wildman–Crippen LogP) is 0.0915. The molecule has 1 aliphatic rings. The highest BCUT2D eigenvalue weighted by Crippen LogP contribution is 2.13. The molecule has 1 atom stereocenters. The maximum atomic E-state index is 11.3. The molecule has 0 aliphatic carbocycles. The van der Waals surface area contributed by atoms with Crippen molar-refractivity contribution in [1.82, 2.24) is 14.9 Å². The lowest BCUT2D eigenvalue weighted by molar-refractivity contribution is -0.132. The Bertz CT molecular complexity index is 377. The summed E-state index contributed by atoms with van der Waals surface area (Å²) in [5.41, 5.74) is 6.04. The Hall–Kier alpha value is -1.85. The van der Waals surface area contributed by atoms with Gasteiger partial charge in [0.25, 0.3) is 0 Å². The van der Waals surface area contributed by atoms with E-state index < -0.39 is 0 Å². The molecule has 16 heavy (non-hydrogen) atoms. The quantitative estimate of drug-likeness (QED) is 0.739. The summed E-state index contributed by atoms with van der Waals surface area (Å²) in [5.74, 6) is 0.748. The van der Waals surface area contributed by atoms with Crippen molar-refractivity contribution in [2.45, 2.75) is 18.9 Å². The van der Waals surface area contributed by atoms with Gasteiger partial charge < -0.3 is 16.0 Å². The molecule has 1 unspecified atom stereocenters. The molecule has 86 valence electrons. The SMILES string of the molecule is CN1CC(Nc2ncc(N)cn2)CCC1=O. The third-order valence-corrected chi connectivity index (χ3v) is 2.63. The van der Waals surface area contributed by atoms with Crippen LogP contribution in [0, 0.1) is 0 Å². The monoisotopic (exact) mass is 221 g/mol. The molecule has 0 radical (unpaired) electrons. The number of anilines is 2. The van der Waals surface area contributed by atoms with Crippen molar-refractivity contribution in [3.05, 3.63) is 12.4 Å². The first-order valence-electron chi connectivity index (χ1n) is 5.23. The number of likely N-dealkylation sites (tertiary alicyclic amines) is 1. The fourth-order valence-electron chi connectivity index (χ4n) is 1.73. The molecule has 6 nitrogen and oxygen atoms in total. The van der Waals surface area contributed by atoms with Crippen LogP contribution in [-0.4, -0.2) is 40.4 Å². The number of nitrogens with one attached hydrogen (secondary N) is 1. The van der Waals surface area contributed by atoms with Crippen LogP contribution in [0.4, 0.5) is 11.6 Å². The van der Waals surface area contributed by atoms with Crippen LogP contribution in [0.3, 0.4) is 0 Å². The van der Waals surface area contributed by atoms with E-state index in [4.69, 9.17) is 5.73 Å². The van der Waals surface area contributed by atoms with E-state index in [2.05, 4.69) is 15.3 Å². The molecule has 0 aromatic carbocycles. The minimum atomic E-state index is 0.191. The van der Waals surface area contributed by atoms with Crippen LogP contribution in [0.2, 0.25) is 0 Å². The summed E-state index contributed by atoms with van der Waals surface area (Å²) >= 11 is 0. The summed E-state index contributed by atoms with van der Waals surface area (Å²) in [6, 6.07) is 0.214. The van der Waals surface area contributed by atoms with Gasteiger partial charge in [-0.3, -0.25) is 4.79 Å². The predicted molar refractivity (Wildman–Crippen MR) is 60.7 cm³/mol. The number of hydrogen-bond acceptors (Lipinski definition) is 5. The molecular formula is C10H15N5O. The van der Waals surface area contributed by atoms with Gasteiger partial charge in [-0.1, -0.05) is 0 Å². The van der Waals surface area contributed by atoms with E-state index in [0.717, 1.165) is 6.42 Å². The van der Waals surface area contributed by atoms with Gasteiger partial charge in [0.2, 0.25) is 11.9 Å². The fraction of sp³-hybridized carbons (Fsp3) is 0.500. The van der Waals surface area contributed by atoms with Gasteiger partial charge in [0.05, 0.1) is 18.1 Å².